The van der Waals surface area contributed by atoms with Crippen LogP contribution in [0.3, 0.4) is 0 Å². The van der Waals surface area contributed by atoms with E-state index >= 15 is 0 Å². The van der Waals surface area contributed by atoms with E-state index in [0.29, 0.717) is 23.3 Å². The first-order chi connectivity index (χ1) is 14.6. The first-order valence-electron chi connectivity index (χ1n) is 9.12. The fourth-order valence-corrected chi connectivity index (χ4v) is 6.32. The summed E-state index contributed by atoms with van der Waals surface area (Å²) in [6, 6.07) is 12.3. The van der Waals surface area contributed by atoms with Gasteiger partial charge in [-0.1, -0.05) is 24.3 Å². The molecule has 0 aliphatic rings. The summed E-state index contributed by atoms with van der Waals surface area (Å²) in [6.07, 6.45) is 1.27. The number of para-hydroxylation sites is 1. The van der Waals surface area contributed by atoms with Gasteiger partial charge in [-0.2, -0.15) is 0 Å². The van der Waals surface area contributed by atoms with Crippen LogP contribution in [0.1, 0.15) is 12.5 Å². The topological polar surface area (TPSA) is 117 Å². The molecule has 1 aromatic heterocycles. The minimum Gasteiger partial charge on any atom is -0.497 e. The highest BCUT2D eigenvalue weighted by atomic mass is 32.3. The van der Waals surface area contributed by atoms with E-state index in [0.717, 1.165) is 11.5 Å². The summed E-state index contributed by atoms with van der Waals surface area (Å²) >= 11 is 0. The van der Waals surface area contributed by atoms with Crippen LogP contribution in [-0.4, -0.2) is 35.6 Å². The summed E-state index contributed by atoms with van der Waals surface area (Å²) in [5.41, 5.74) is -0.528. The molecule has 0 aliphatic heterocycles. The Morgan fingerprint density at radius 3 is 2.39 bits per heavy atom. The Labute approximate surface area is 179 Å². The third-order valence-electron chi connectivity index (χ3n) is 4.23. The molecule has 0 atom stereocenters. The second kappa shape index (κ2) is 8.94. The Bertz CT molecular complexity index is 1380. The minimum absolute atomic E-state index is 0.0931. The maximum atomic E-state index is 12.7. The number of sulfone groups is 2. The first kappa shape index (κ1) is 22.6. The largest absolute Gasteiger partial charge is 0.497 e. The van der Waals surface area contributed by atoms with Gasteiger partial charge in [-0.05, 0) is 42.8 Å². The van der Waals surface area contributed by atoms with Crippen LogP contribution in [0, 0.1) is 0 Å². The van der Waals surface area contributed by atoms with Gasteiger partial charge in [0, 0.05) is 10.8 Å². The zero-order chi connectivity index (χ0) is 22.6. The molecule has 0 aliphatic carbocycles. The summed E-state index contributed by atoms with van der Waals surface area (Å²) in [7, 11) is -7.18. The number of hydrogen-bond donors (Lipinski definition) is 0. The molecule has 0 saturated heterocycles. The zero-order valence-electron chi connectivity index (χ0n) is 16.8. The van der Waals surface area contributed by atoms with Gasteiger partial charge in [-0.3, -0.25) is 0 Å². The molecule has 0 bridgehead atoms. The normalized spacial score (nSPS) is 12.3. The lowest BCUT2D eigenvalue weighted by Crippen LogP contribution is -2.21. The molecule has 0 fully saturated rings. The van der Waals surface area contributed by atoms with Crippen molar-refractivity contribution in [2.45, 2.75) is 11.8 Å². The lowest BCUT2D eigenvalue weighted by molar-refractivity contribution is 0.336. The van der Waals surface area contributed by atoms with Gasteiger partial charge in [-0.25, -0.2) is 21.6 Å². The van der Waals surface area contributed by atoms with Crippen molar-refractivity contribution in [3.05, 3.63) is 69.9 Å². The molecular weight excluding hydrogens is 444 g/mol. The predicted octanol–water partition coefficient (Wildman–Crippen LogP) is 3.02. The highest BCUT2D eigenvalue weighted by molar-refractivity contribution is 8.09. The average molecular weight is 465 g/mol. The van der Waals surface area contributed by atoms with Gasteiger partial charge in [0.2, 0.25) is 0 Å². The lowest BCUT2D eigenvalue weighted by Gasteiger charge is -2.07. The van der Waals surface area contributed by atoms with Crippen molar-refractivity contribution in [3.63, 3.8) is 0 Å². The fraction of sp³-hybridized carbons (Fsp3) is 0.190. The van der Waals surface area contributed by atoms with Crippen molar-refractivity contribution in [2.24, 2.45) is 0 Å². The summed E-state index contributed by atoms with van der Waals surface area (Å²) in [6.45, 7) is 2.07. The number of benzene rings is 2. The van der Waals surface area contributed by atoms with Crippen LogP contribution in [-0.2, 0) is 19.7 Å². The number of ether oxygens (including phenoxy) is 2. The van der Waals surface area contributed by atoms with Crippen molar-refractivity contribution in [3.8, 4) is 11.5 Å². The van der Waals surface area contributed by atoms with E-state index in [-0.39, 0.29) is 11.3 Å². The third-order valence-corrected chi connectivity index (χ3v) is 8.29. The van der Waals surface area contributed by atoms with E-state index in [1.54, 1.807) is 43.3 Å². The Morgan fingerprint density at radius 2 is 1.74 bits per heavy atom. The molecule has 164 valence electrons. The Kier molecular flexibility index (Phi) is 6.51. The Hall–Kier alpha value is -3.11. The molecule has 3 aromatic rings. The van der Waals surface area contributed by atoms with E-state index < -0.39 is 35.3 Å². The second-order valence-electron chi connectivity index (χ2n) is 6.48. The van der Waals surface area contributed by atoms with Gasteiger partial charge < -0.3 is 13.9 Å². The Balaban J connectivity index is 1.91. The summed E-state index contributed by atoms with van der Waals surface area (Å²) in [5.74, 6) is 0.884. The molecule has 0 N–H and O–H groups in total. The molecule has 8 nitrogen and oxygen atoms in total. The molecular formula is C21H20O8S2. The summed E-state index contributed by atoms with van der Waals surface area (Å²) in [4.78, 5) is 11.6. The number of hydrogen-bond acceptors (Lipinski definition) is 8. The van der Waals surface area contributed by atoms with Crippen molar-refractivity contribution >= 4 is 36.7 Å². The highest BCUT2D eigenvalue weighted by Gasteiger charge is 2.27. The summed E-state index contributed by atoms with van der Waals surface area (Å²) in [5, 5.41) is -0.175. The molecule has 0 unspecified atom stereocenters. The SMILES string of the molecule is CCOc1cccc2cc(S(=O)(=O)CS(=O)(=O)/C=C\c3ccc(OC)cc3)c(=O)oc12. The Morgan fingerprint density at radius 1 is 1.03 bits per heavy atom. The van der Waals surface area contributed by atoms with Crippen LogP contribution in [0.2, 0.25) is 0 Å². The molecule has 10 heteroatoms. The van der Waals surface area contributed by atoms with Gasteiger partial charge in [0.1, 0.15) is 5.75 Å². The number of fused-ring (bicyclic) bond motifs is 1. The quantitative estimate of drug-likeness (QED) is 0.467. The number of rotatable bonds is 8. The molecule has 31 heavy (non-hydrogen) atoms. The molecule has 0 amide bonds. The monoisotopic (exact) mass is 464 g/mol. The third kappa shape index (κ3) is 5.33. The van der Waals surface area contributed by atoms with Crippen LogP contribution in [0.4, 0.5) is 0 Å². The van der Waals surface area contributed by atoms with Crippen molar-refractivity contribution < 1.29 is 30.7 Å². The standard InChI is InChI=1S/C21H20O8S2/c1-3-28-18-6-4-5-16-13-19(21(22)29-20(16)18)31(25,26)14-30(23,24)12-11-15-7-9-17(27-2)10-8-15/h4-13H,3,14H2,1-2H3/b12-11-. The average Bonchev–Trinajstić information content (AvgIpc) is 2.72. The van der Waals surface area contributed by atoms with E-state index in [9.17, 15) is 21.6 Å². The zero-order valence-corrected chi connectivity index (χ0v) is 18.4. The number of methoxy groups -OCH3 is 1. The minimum atomic E-state index is -4.49. The van der Waals surface area contributed by atoms with Crippen molar-refractivity contribution in [2.75, 3.05) is 18.8 Å². The highest BCUT2D eigenvalue weighted by Crippen LogP contribution is 2.26. The summed E-state index contributed by atoms with van der Waals surface area (Å²) < 4.78 is 65.7. The molecule has 2 aromatic carbocycles. The van der Waals surface area contributed by atoms with Crippen molar-refractivity contribution in [1.29, 1.82) is 0 Å². The molecule has 1 heterocycles. The van der Waals surface area contributed by atoms with Crippen LogP contribution in [0.25, 0.3) is 17.0 Å². The van der Waals surface area contributed by atoms with Crippen LogP contribution < -0.4 is 15.1 Å². The van der Waals surface area contributed by atoms with Gasteiger partial charge in [0.25, 0.3) is 0 Å². The van der Waals surface area contributed by atoms with Crippen molar-refractivity contribution in [1.82, 2.24) is 0 Å². The van der Waals surface area contributed by atoms with E-state index in [2.05, 4.69) is 0 Å². The fourth-order valence-electron chi connectivity index (χ4n) is 2.80. The maximum absolute atomic E-state index is 12.7. The second-order valence-corrected chi connectivity index (χ2v) is 10.7. The van der Waals surface area contributed by atoms with Crippen LogP contribution in [0.15, 0.2) is 68.0 Å². The first-order valence-corrected chi connectivity index (χ1v) is 12.5. The molecule has 0 spiro atoms. The van der Waals surface area contributed by atoms with E-state index in [1.165, 1.54) is 19.3 Å². The van der Waals surface area contributed by atoms with Gasteiger partial charge in [-0.15, -0.1) is 0 Å². The van der Waals surface area contributed by atoms with E-state index in [1.807, 2.05) is 0 Å². The van der Waals surface area contributed by atoms with E-state index in [4.69, 9.17) is 13.9 Å². The molecule has 0 saturated carbocycles. The maximum Gasteiger partial charge on any atom is 0.355 e. The van der Waals surface area contributed by atoms with Crippen LogP contribution in [0.5, 0.6) is 11.5 Å². The van der Waals surface area contributed by atoms with Gasteiger partial charge in [0.05, 0.1) is 13.7 Å². The smallest absolute Gasteiger partial charge is 0.355 e. The van der Waals surface area contributed by atoms with Crippen LogP contribution >= 0.6 is 0 Å². The predicted molar refractivity (Wildman–Crippen MR) is 117 cm³/mol. The lowest BCUT2D eigenvalue weighted by atomic mass is 10.2. The molecule has 0 radical (unpaired) electrons. The van der Waals surface area contributed by atoms with Gasteiger partial charge >= 0.3 is 5.63 Å². The molecule has 3 rings (SSSR count). The van der Waals surface area contributed by atoms with Gasteiger partial charge in [0.15, 0.2) is 41.0 Å².